The molecule has 0 aliphatic carbocycles. The minimum absolute atomic E-state index is 0.117. The van der Waals surface area contributed by atoms with Crippen LogP contribution in [-0.2, 0) is 9.53 Å². The molecule has 1 aliphatic rings. The van der Waals surface area contributed by atoms with Crippen molar-refractivity contribution >= 4 is 5.97 Å². The Kier molecular flexibility index (Phi) is 5.24. The number of nitrogens with zero attached hydrogens (tertiary/aromatic N) is 1. The minimum Gasteiger partial charge on any atom is -0.459 e. The number of aliphatic hydroxyl groups is 1. The predicted octanol–water partition coefficient (Wildman–Crippen LogP) is 2.91. The van der Waals surface area contributed by atoms with E-state index >= 15 is 0 Å². The summed E-state index contributed by atoms with van der Waals surface area (Å²) in [6.07, 6.45) is 0.694. The molecule has 1 heterocycles. The molecule has 4 heteroatoms. The van der Waals surface area contributed by atoms with Crippen LogP contribution >= 0.6 is 0 Å². The zero-order valence-electron chi connectivity index (χ0n) is 14.0. The zero-order chi connectivity index (χ0) is 16.3. The van der Waals surface area contributed by atoms with Crippen LogP contribution in [0.4, 0.5) is 0 Å². The van der Waals surface area contributed by atoms with Crippen LogP contribution in [0.1, 0.15) is 52.1 Å². The van der Waals surface area contributed by atoms with E-state index in [1.807, 2.05) is 39.0 Å². The van der Waals surface area contributed by atoms with E-state index in [1.165, 1.54) is 5.56 Å². The van der Waals surface area contributed by atoms with Crippen LogP contribution in [0, 0.1) is 0 Å². The molecule has 0 bridgehead atoms. The Labute approximate surface area is 133 Å². The van der Waals surface area contributed by atoms with Crippen molar-refractivity contribution in [2.24, 2.45) is 0 Å². The molecule has 1 fully saturated rings. The van der Waals surface area contributed by atoms with E-state index in [-0.39, 0.29) is 12.0 Å². The number of benzene rings is 1. The van der Waals surface area contributed by atoms with E-state index in [9.17, 15) is 9.90 Å². The molecule has 0 unspecified atom stereocenters. The second-order valence-corrected chi connectivity index (χ2v) is 7.05. The summed E-state index contributed by atoms with van der Waals surface area (Å²) in [5, 5.41) is 9.96. The van der Waals surface area contributed by atoms with Crippen LogP contribution in [0.25, 0.3) is 0 Å². The van der Waals surface area contributed by atoms with Crippen molar-refractivity contribution in [1.29, 1.82) is 0 Å². The molecule has 1 aromatic rings. The van der Waals surface area contributed by atoms with E-state index in [0.717, 1.165) is 0 Å². The number of carbonyl (C=O) groups is 1. The number of esters is 1. The van der Waals surface area contributed by atoms with Gasteiger partial charge in [0.25, 0.3) is 0 Å². The number of hydrogen-bond acceptors (Lipinski definition) is 4. The van der Waals surface area contributed by atoms with Gasteiger partial charge in [-0.05, 0) is 46.1 Å². The molecule has 1 saturated heterocycles. The van der Waals surface area contributed by atoms with Gasteiger partial charge in [-0.3, -0.25) is 9.69 Å². The lowest BCUT2D eigenvalue weighted by Gasteiger charge is -2.41. The van der Waals surface area contributed by atoms with E-state index in [0.29, 0.717) is 19.4 Å². The number of likely N-dealkylation sites (tertiary alicyclic amines) is 1. The summed E-state index contributed by atoms with van der Waals surface area (Å²) in [4.78, 5) is 14.7. The van der Waals surface area contributed by atoms with Gasteiger partial charge in [0.1, 0.15) is 11.6 Å². The van der Waals surface area contributed by atoms with Gasteiger partial charge in [-0.1, -0.05) is 30.3 Å². The normalized spacial score (nSPS) is 24.8. The van der Waals surface area contributed by atoms with E-state index < -0.39 is 17.7 Å². The SMILES string of the molecule is C[C@@H](c1ccccc1)N1CC[C@@H](O)C[C@H]1C(=O)OC(C)(C)C. The number of hydrogen-bond donors (Lipinski definition) is 1. The van der Waals surface area contributed by atoms with Gasteiger partial charge in [0.2, 0.25) is 0 Å². The molecule has 4 nitrogen and oxygen atoms in total. The molecule has 0 saturated carbocycles. The maximum atomic E-state index is 12.5. The molecule has 122 valence electrons. The van der Waals surface area contributed by atoms with Crippen molar-refractivity contribution in [2.45, 2.75) is 64.3 Å². The van der Waals surface area contributed by atoms with Gasteiger partial charge in [-0.25, -0.2) is 0 Å². The summed E-state index contributed by atoms with van der Waals surface area (Å²) < 4.78 is 5.55. The van der Waals surface area contributed by atoms with Crippen molar-refractivity contribution < 1.29 is 14.6 Å². The van der Waals surface area contributed by atoms with Crippen LogP contribution in [-0.4, -0.2) is 40.3 Å². The molecular formula is C18H27NO3. The summed E-state index contributed by atoms with van der Waals surface area (Å²) in [5.41, 5.74) is 0.661. The lowest BCUT2D eigenvalue weighted by molar-refractivity contribution is -0.166. The van der Waals surface area contributed by atoms with Crippen LogP contribution < -0.4 is 0 Å². The van der Waals surface area contributed by atoms with Gasteiger partial charge >= 0.3 is 5.97 Å². The summed E-state index contributed by atoms with van der Waals surface area (Å²) >= 11 is 0. The zero-order valence-corrected chi connectivity index (χ0v) is 14.0. The molecule has 0 radical (unpaired) electrons. The van der Waals surface area contributed by atoms with Gasteiger partial charge in [0.05, 0.1) is 6.10 Å². The largest absolute Gasteiger partial charge is 0.459 e. The Hall–Kier alpha value is -1.39. The van der Waals surface area contributed by atoms with Gasteiger partial charge in [0, 0.05) is 12.6 Å². The highest BCUT2D eigenvalue weighted by atomic mass is 16.6. The summed E-state index contributed by atoms with van der Waals surface area (Å²) in [6.45, 7) is 8.41. The monoisotopic (exact) mass is 305 g/mol. The molecule has 0 aromatic heterocycles. The van der Waals surface area contributed by atoms with Gasteiger partial charge < -0.3 is 9.84 Å². The highest BCUT2D eigenvalue weighted by molar-refractivity contribution is 5.76. The number of ether oxygens (including phenoxy) is 1. The van der Waals surface area contributed by atoms with E-state index in [4.69, 9.17) is 4.74 Å². The topological polar surface area (TPSA) is 49.8 Å². The summed E-state index contributed by atoms with van der Waals surface area (Å²) in [7, 11) is 0. The van der Waals surface area contributed by atoms with Crippen LogP contribution in [0.15, 0.2) is 30.3 Å². The lowest BCUT2D eigenvalue weighted by atomic mass is 9.95. The Bertz CT molecular complexity index is 495. The van der Waals surface area contributed by atoms with Crippen molar-refractivity contribution in [3.05, 3.63) is 35.9 Å². The third kappa shape index (κ3) is 4.31. The van der Waals surface area contributed by atoms with Crippen molar-refractivity contribution in [3.63, 3.8) is 0 Å². The molecule has 0 amide bonds. The average Bonchev–Trinajstić information content (AvgIpc) is 2.45. The third-order valence-corrected chi connectivity index (χ3v) is 4.07. The first-order valence-corrected chi connectivity index (χ1v) is 7.99. The van der Waals surface area contributed by atoms with Gasteiger partial charge in [0.15, 0.2) is 0 Å². The van der Waals surface area contributed by atoms with Crippen LogP contribution in [0.3, 0.4) is 0 Å². The second-order valence-electron chi connectivity index (χ2n) is 7.05. The number of piperidine rings is 1. The number of rotatable bonds is 3. The Morgan fingerprint density at radius 3 is 2.55 bits per heavy atom. The van der Waals surface area contributed by atoms with Crippen molar-refractivity contribution in [3.8, 4) is 0 Å². The highest BCUT2D eigenvalue weighted by Crippen LogP contribution is 2.30. The Morgan fingerprint density at radius 2 is 1.95 bits per heavy atom. The Morgan fingerprint density at radius 1 is 1.32 bits per heavy atom. The molecule has 0 spiro atoms. The molecular weight excluding hydrogens is 278 g/mol. The fraction of sp³-hybridized carbons (Fsp3) is 0.611. The lowest BCUT2D eigenvalue weighted by Crippen LogP contribution is -2.51. The van der Waals surface area contributed by atoms with Gasteiger partial charge in [-0.15, -0.1) is 0 Å². The van der Waals surface area contributed by atoms with E-state index in [2.05, 4.69) is 24.0 Å². The fourth-order valence-electron chi connectivity index (χ4n) is 2.95. The molecule has 2 rings (SSSR count). The highest BCUT2D eigenvalue weighted by Gasteiger charge is 2.38. The maximum Gasteiger partial charge on any atom is 0.323 e. The molecule has 1 aliphatic heterocycles. The first-order chi connectivity index (χ1) is 10.3. The first kappa shape index (κ1) is 17.0. The van der Waals surface area contributed by atoms with E-state index in [1.54, 1.807) is 0 Å². The average molecular weight is 305 g/mol. The quantitative estimate of drug-likeness (QED) is 0.872. The fourth-order valence-corrected chi connectivity index (χ4v) is 2.95. The first-order valence-electron chi connectivity index (χ1n) is 7.99. The van der Waals surface area contributed by atoms with Crippen LogP contribution in [0.5, 0.6) is 0 Å². The second kappa shape index (κ2) is 6.80. The number of carbonyl (C=O) groups excluding carboxylic acids is 1. The Balaban J connectivity index is 2.18. The minimum atomic E-state index is -0.513. The molecule has 22 heavy (non-hydrogen) atoms. The number of aliphatic hydroxyl groups excluding tert-OH is 1. The molecule has 3 atom stereocenters. The summed E-state index contributed by atoms with van der Waals surface area (Å²) in [5.74, 6) is -0.242. The van der Waals surface area contributed by atoms with Crippen molar-refractivity contribution in [2.75, 3.05) is 6.54 Å². The van der Waals surface area contributed by atoms with Crippen molar-refractivity contribution in [1.82, 2.24) is 4.90 Å². The van der Waals surface area contributed by atoms with Crippen LogP contribution in [0.2, 0.25) is 0 Å². The standard InChI is InChI=1S/C18H27NO3/c1-13(14-8-6-5-7-9-14)19-11-10-15(20)12-16(19)17(21)22-18(2,3)4/h5-9,13,15-16,20H,10-12H2,1-4H3/t13-,15+,16-/m0/s1. The maximum absolute atomic E-state index is 12.5. The van der Waals surface area contributed by atoms with Gasteiger partial charge in [-0.2, -0.15) is 0 Å². The smallest absolute Gasteiger partial charge is 0.323 e. The molecule has 1 aromatic carbocycles. The summed E-state index contributed by atoms with van der Waals surface area (Å²) in [6, 6.07) is 9.87. The predicted molar refractivity (Wildman–Crippen MR) is 86.4 cm³/mol. The third-order valence-electron chi connectivity index (χ3n) is 4.07. The molecule has 1 N–H and O–H groups in total.